The van der Waals surface area contributed by atoms with Gasteiger partial charge in [-0.25, -0.2) is 4.98 Å². The minimum absolute atomic E-state index is 0.432. The zero-order chi connectivity index (χ0) is 12.4. The van der Waals surface area contributed by atoms with Gasteiger partial charge in [-0.2, -0.15) is 5.10 Å². The van der Waals surface area contributed by atoms with Crippen molar-refractivity contribution in [3.63, 3.8) is 0 Å². The molecule has 0 saturated carbocycles. The highest BCUT2D eigenvalue weighted by atomic mass is 79.9. The van der Waals surface area contributed by atoms with E-state index in [4.69, 9.17) is 16.3 Å². The highest BCUT2D eigenvalue weighted by Crippen LogP contribution is 2.22. The van der Waals surface area contributed by atoms with Gasteiger partial charge in [-0.05, 0) is 35.0 Å². The normalized spacial score (nSPS) is 10.6. The molecule has 0 radical (unpaired) electrons. The molecule has 0 unspecified atom stereocenters. The van der Waals surface area contributed by atoms with E-state index in [-0.39, 0.29) is 0 Å². The lowest BCUT2D eigenvalue weighted by molar-refractivity contribution is 0.293. The van der Waals surface area contributed by atoms with Crippen LogP contribution in [-0.4, -0.2) is 14.8 Å². The van der Waals surface area contributed by atoms with E-state index in [9.17, 15) is 0 Å². The third-order valence-corrected chi connectivity index (χ3v) is 3.59. The van der Waals surface area contributed by atoms with E-state index in [0.717, 1.165) is 15.9 Å². The van der Waals surface area contributed by atoms with Crippen molar-refractivity contribution in [1.29, 1.82) is 0 Å². The van der Waals surface area contributed by atoms with Crippen LogP contribution in [0.4, 0.5) is 0 Å². The first-order valence-corrected chi connectivity index (χ1v) is 6.17. The van der Waals surface area contributed by atoms with E-state index < -0.39 is 0 Å². The van der Waals surface area contributed by atoms with Crippen molar-refractivity contribution in [2.45, 2.75) is 13.5 Å². The zero-order valence-electron chi connectivity index (χ0n) is 9.44. The highest BCUT2D eigenvalue weighted by Gasteiger charge is 2.10. The number of hydrogen-bond acceptors (Lipinski definition) is 3. The molecule has 4 nitrogen and oxygen atoms in total. The second kappa shape index (κ2) is 5.06. The van der Waals surface area contributed by atoms with Crippen molar-refractivity contribution < 1.29 is 4.74 Å². The molecule has 0 aliphatic rings. The van der Waals surface area contributed by atoms with E-state index in [2.05, 4.69) is 26.0 Å². The molecule has 0 N–H and O–H groups in total. The number of pyridine rings is 1. The van der Waals surface area contributed by atoms with Crippen LogP contribution in [0.25, 0.3) is 0 Å². The first kappa shape index (κ1) is 12.4. The highest BCUT2D eigenvalue weighted by molar-refractivity contribution is 9.10. The zero-order valence-corrected chi connectivity index (χ0v) is 11.8. The molecular formula is C11H11BrClN3O. The molecule has 90 valence electrons. The molecular weight excluding hydrogens is 305 g/mol. The average Bonchev–Trinajstić information content (AvgIpc) is 2.54. The summed E-state index contributed by atoms with van der Waals surface area (Å²) in [5, 5.41) is 4.74. The Labute approximate surface area is 113 Å². The molecule has 17 heavy (non-hydrogen) atoms. The SMILES string of the molecule is Cc1nn(C)c(COc2ccc(Cl)nc2)c1Br. The van der Waals surface area contributed by atoms with E-state index >= 15 is 0 Å². The van der Waals surface area contributed by atoms with Gasteiger partial charge in [0.2, 0.25) is 0 Å². The lowest BCUT2D eigenvalue weighted by Crippen LogP contribution is -2.03. The van der Waals surface area contributed by atoms with Crippen LogP contribution in [0.3, 0.4) is 0 Å². The van der Waals surface area contributed by atoms with Crippen molar-refractivity contribution in [3.05, 3.63) is 39.3 Å². The molecule has 0 saturated heterocycles. The molecule has 0 aliphatic carbocycles. The summed E-state index contributed by atoms with van der Waals surface area (Å²) in [6.45, 7) is 2.37. The van der Waals surface area contributed by atoms with Crippen LogP contribution in [0, 0.1) is 6.92 Å². The van der Waals surface area contributed by atoms with Crippen LogP contribution in [0.1, 0.15) is 11.4 Å². The van der Waals surface area contributed by atoms with Crippen LogP contribution in [-0.2, 0) is 13.7 Å². The van der Waals surface area contributed by atoms with Gasteiger partial charge >= 0.3 is 0 Å². The lowest BCUT2D eigenvalue weighted by Gasteiger charge is -2.06. The number of halogens is 2. The maximum absolute atomic E-state index is 5.69. The summed E-state index contributed by atoms with van der Waals surface area (Å²) < 4.78 is 8.38. The Morgan fingerprint density at radius 2 is 2.24 bits per heavy atom. The lowest BCUT2D eigenvalue weighted by atomic mass is 10.4. The summed E-state index contributed by atoms with van der Waals surface area (Å²) in [5.41, 5.74) is 1.93. The predicted octanol–water partition coefficient (Wildman–Crippen LogP) is 3.12. The Morgan fingerprint density at radius 3 is 2.76 bits per heavy atom. The topological polar surface area (TPSA) is 39.9 Å². The minimum atomic E-state index is 0.432. The molecule has 2 aromatic rings. The van der Waals surface area contributed by atoms with E-state index in [0.29, 0.717) is 17.5 Å². The van der Waals surface area contributed by atoms with Crippen LogP contribution in [0.15, 0.2) is 22.8 Å². The fourth-order valence-corrected chi connectivity index (χ4v) is 2.00. The molecule has 0 bridgehead atoms. The number of rotatable bonds is 3. The van der Waals surface area contributed by atoms with Gasteiger partial charge in [-0.1, -0.05) is 11.6 Å². The third-order valence-electron chi connectivity index (χ3n) is 2.34. The van der Waals surface area contributed by atoms with Crippen LogP contribution < -0.4 is 4.74 Å². The largest absolute Gasteiger partial charge is 0.486 e. The van der Waals surface area contributed by atoms with Gasteiger partial charge in [0.15, 0.2) is 0 Å². The number of aryl methyl sites for hydroxylation is 2. The molecule has 0 aliphatic heterocycles. The molecule has 0 atom stereocenters. The molecule has 0 spiro atoms. The summed E-state index contributed by atoms with van der Waals surface area (Å²) in [7, 11) is 1.89. The van der Waals surface area contributed by atoms with Crippen molar-refractivity contribution in [1.82, 2.24) is 14.8 Å². The second-order valence-electron chi connectivity index (χ2n) is 3.57. The third kappa shape index (κ3) is 2.79. The summed E-state index contributed by atoms with van der Waals surface area (Å²) in [6.07, 6.45) is 1.60. The second-order valence-corrected chi connectivity index (χ2v) is 4.76. The molecule has 2 heterocycles. The maximum atomic E-state index is 5.69. The first-order chi connectivity index (χ1) is 8.08. The summed E-state index contributed by atoms with van der Waals surface area (Å²) in [6, 6.07) is 3.48. The van der Waals surface area contributed by atoms with Gasteiger partial charge in [-0.3, -0.25) is 4.68 Å². The predicted molar refractivity (Wildman–Crippen MR) is 69.2 cm³/mol. The van der Waals surface area contributed by atoms with Crippen LogP contribution in [0.2, 0.25) is 5.15 Å². The summed E-state index contributed by atoms with van der Waals surface area (Å²) >= 11 is 9.18. The quantitative estimate of drug-likeness (QED) is 0.817. The Hall–Kier alpha value is -1.07. The van der Waals surface area contributed by atoms with Gasteiger partial charge < -0.3 is 4.74 Å². The Morgan fingerprint density at radius 1 is 1.47 bits per heavy atom. The van der Waals surface area contributed by atoms with Crippen LogP contribution in [0.5, 0.6) is 5.75 Å². The van der Waals surface area contributed by atoms with E-state index in [1.807, 2.05) is 14.0 Å². The summed E-state index contributed by atoms with van der Waals surface area (Å²) in [4.78, 5) is 3.95. The maximum Gasteiger partial charge on any atom is 0.138 e. The standard InChI is InChI=1S/C11H11BrClN3O/c1-7-11(12)9(16(2)15-7)6-17-8-3-4-10(13)14-5-8/h3-5H,6H2,1-2H3. The van der Waals surface area contributed by atoms with E-state index in [1.54, 1.807) is 23.0 Å². The van der Waals surface area contributed by atoms with Gasteiger partial charge in [-0.15, -0.1) is 0 Å². The monoisotopic (exact) mass is 315 g/mol. The number of hydrogen-bond donors (Lipinski definition) is 0. The fourth-order valence-electron chi connectivity index (χ4n) is 1.44. The number of ether oxygens (including phenoxy) is 1. The number of nitrogens with zero attached hydrogens (tertiary/aromatic N) is 3. The molecule has 0 aromatic carbocycles. The van der Waals surface area contributed by atoms with Gasteiger partial charge in [0.05, 0.1) is 22.1 Å². The molecule has 2 rings (SSSR count). The Bertz CT molecular complexity index is 524. The van der Waals surface area contributed by atoms with Gasteiger partial charge in [0, 0.05) is 7.05 Å². The van der Waals surface area contributed by atoms with Gasteiger partial charge in [0.25, 0.3) is 0 Å². The van der Waals surface area contributed by atoms with Crippen molar-refractivity contribution in [2.24, 2.45) is 7.05 Å². The number of aromatic nitrogens is 3. The molecule has 6 heteroatoms. The fraction of sp³-hybridized carbons (Fsp3) is 0.273. The van der Waals surface area contributed by atoms with Gasteiger partial charge in [0.1, 0.15) is 17.5 Å². The van der Waals surface area contributed by atoms with Crippen molar-refractivity contribution in [2.75, 3.05) is 0 Å². The van der Waals surface area contributed by atoms with E-state index in [1.165, 1.54) is 0 Å². The van der Waals surface area contributed by atoms with Crippen molar-refractivity contribution in [3.8, 4) is 5.75 Å². The average molecular weight is 317 g/mol. The molecule has 2 aromatic heterocycles. The Balaban J connectivity index is 2.09. The minimum Gasteiger partial charge on any atom is -0.486 e. The first-order valence-electron chi connectivity index (χ1n) is 5.00. The van der Waals surface area contributed by atoms with Crippen LogP contribution >= 0.6 is 27.5 Å². The summed E-state index contributed by atoms with van der Waals surface area (Å²) in [5.74, 6) is 0.681. The molecule has 0 amide bonds. The Kier molecular flexibility index (Phi) is 3.69. The molecule has 0 fully saturated rings. The smallest absolute Gasteiger partial charge is 0.138 e. The van der Waals surface area contributed by atoms with Crippen molar-refractivity contribution >= 4 is 27.5 Å².